The van der Waals surface area contributed by atoms with E-state index in [0.717, 1.165) is 23.2 Å². The Kier molecular flexibility index (Phi) is 6.36. The number of amides is 1. The molecule has 0 saturated carbocycles. The number of nitrogens with one attached hydrogen (secondary N) is 1. The van der Waals surface area contributed by atoms with Crippen LogP contribution >= 0.6 is 23.1 Å². The molecule has 1 heterocycles. The summed E-state index contributed by atoms with van der Waals surface area (Å²) in [5, 5.41) is 6.19. The van der Waals surface area contributed by atoms with E-state index in [1.807, 2.05) is 29.3 Å². The SMILES string of the molecule is CC(C)Sc1ccc(CC(=O)Nc2nc(-c3ccc4c(c3)CCCC4)cs2)cc1. The van der Waals surface area contributed by atoms with Crippen LogP contribution in [-0.2, 0) is 24.1 Å². The van der Waals surface area contributed by atoms with Crippen LogP contribution in [-0.4, -0.2) is 16.1 Å². The molecule has 1 aromatic heterocycles. The second kappa shape index (κ2) is 9.14. The van der Waals surface area contributed by atoms with E-state index in [9.17, 15) is 4.79 Å². The third kappa shape index (κ3) is 5.28. The third-order valence-corrected chi connectivity index (χ3v) is 6.83. The number of carbonyl (C=O) groups excluding carboxylic acids is 1. The number of anilines is 1. The molecular formula is C24H26N2OS2. The van der Waals surface area contributed by atoms with Gasteiger partial charge in [-0.2, -0.15) is 0 Å². The Balaban J connectivity index is 1.38. The molecule has 0 atom stereocenters. The van der Waals surface area contributed by atoms with Crippen LogP contribution in [0.4, 0.5) is 5.13 Å². The molecule has 1 aliphatic carbocycles. The average Bonchev–Trinajstić information content (AvgIpc) is 3.17. The zero-order chi connectivity index (χ0) is 20.2. The van der Waals surface area contributed by atoms with Crippen LogP contribution in [0, 0.1) is 0 Å². The molecule has 1 N–H and O–H groups in total. The van der Waals surface area contributed by atoms with Crippen LogP contribution in [0.15, 0.2) is 52.7 Å². The number of thioether (sulfide) groups is 1. The zero-order valence-electron chi connectivity index (χ0n) is 16.9. The average molecular weight is 423 g/mol. The summed E-state index contributed by atoms with van der Waals surface area (Å²) in [6.45, 7) is 4.36. The van der Waals surface area contributed by atoms with Gasteiger partial charge in [-0.05, 0) is 60.6 Å². The van der Waals surface area contributed by atoms with E-state index >= 15 is 0 Å². The predicted octanol–water partition coefficient (Wildman–Crippen LogP) is 6.37. The van der Waals surface area contributed by atoms with Gasteiger partial charge < -0.3 is 5.32 Å². The molecule has 3 nitrogen and oxygen atoms in total. The molecule has 0 radical (unpaired) electrons. The first kappa shape index (κ1) is 20.2. The van der Waals surface area contributed by atoms with Crippen molar-refractivity contribution < 1.29 is 4.79 Å². The van der Waals surface area contributed by atoms with Gasteiger partial charge in [-0.25, -0.2) is 4.98 Å². The largest absolute Gasteiger partial charge is 0.302 e. The lowest BCUT2D eigenvalue weighted by Crippen LogP contribution is -2.14. The molecule has 29 heavy (non-hydrogen) atoms. The number of rotatable bonds is 6. The Labute approximate surface area is 181 Å². The molecule has 0 aliphatic heterocycles. The zero-order valence-corrected chi connectivity index (χ0v) is 18.5. The summed E-state index contributed by atoms with van der Waals surface area (Å²) in [6.07, 6.45) is 5.27. The Morgan fingerprint density at radius 1 is 1.10 bits per heavy atom. The first-order valence-electron chi connectivity index (χ1n) is 10.2. The molecule has 0 unspecified atom stereocenters. The fourth-order valence-corrected chi connectivity index (χ4v) is 5.24. The Hall–Kier alpha value is -2.11. The van der Waals surface area contributed by atoms with E-state index in [4.69, 9.17) is 0 Å². The molecule has 4 rings (SSSR count). The highest BCUT2D eigenvalue weighted by Crippen LogP contribution is 2.30. The maximum Gasteiger partial charge on any atom is 0.230 e. The topological polar surface area (TPSA) is 42.0 Å². The second-order valence-corrected chi connectivity index (χ2v) is 10.3. The summed E-state index contributed by atoms with van der Waals surface area (Å²) >= 11 is 3.31. The van der Waals surface area contributed by atoms with E-state index < -0.39 is 0 Å². The molecule has 5 heteroatoms. The van der Waals surface area contributed by atoms with E-state index in [1.165, 1.54) is 46.6 Å². The fraction of sp³-hybridized carbons (Fsp3) is 0.333. The summed E-state index contributed by atoms with van der Waals surface area (Å²) in [4.78, 5) is 18.3. The van der Waals surface area contributed by atoms with Crippen molar-refractivity contribution in [2.45, 2.75) is 56.1 Å². The second-order valence-electron chi connectivity index (χ2n) is 7.76. The first-order valence-corrected chi connectivity index (χ1v) is 12.0. The van der Waals surface area contributed by atoms with Gasteiger partial charge in [0, 0.05) is 21.1 Å². The molecule has 0 bridgehead atoms. The van der Waals surface area contributed by atoms with Crippen molar-refractivity contribution in [2.24, 2.45) is 0 Å². The van der Waals surface area contributed by atoms with Crippen molar-refractivity contribution in [3.8, 4) is 11.3 Å². The van der Waals surface area contributed by atoms with Crippen molar-refractivity contribution in [2.75, 3.05) is 5.32 Å². The van der Waals surface area contributed by atoms with Gasteiger partial charge in [0.05, 0.1) is 12.1 Å². The molecule has 1 amide bonds. The van der Waals surface area contributed by atoms with Gasteiger partial charge >= 0.3 is 0 Å². The Morgan fingerprint density at radius 3 is 2.62 bits per heavy atom. The number of thiazole rings is 1. The number of hydrogen-bond donors (Lipinski definition) is 1. The molecule has 150 valence electrons. The third-order valence-electron chi connectivity index (χ3n) is 5.05. The summed E-state index contributed by atoms with van der Waals surface area (Å²) in [6, 6.07) is 14.9. The smallest absolute Gasteiger partial charge is 0.230 e. The maximum atomic E-state index is 12.4. The van der Waals surface area contributed by atoms with Crippen LogP contribution in [0.3, 0.4) is 0 Å². The number of aromatic nitrogens is 1. The quantitative estimate of drug-likeness (QED) is 0.469. The van der Waals surface area contributed by atoms with Crippen molar-refractivity contribution in [1.29, 1.82) is 0 Å². The monoisotopic (exact) mass is 422 g/mol. The van der Waals surface area contributed by atoms with Gasteiger partial charge in [0.2, 0.25) is 5.91 Å². The number of fused-ring (bicyclic) bond motifs is 1. The summed E-state index contributed by atoms with van der Waals surface area (Å²) in [5.41, 5.74) is 6.02. The van der Waals surface area contributed by atoms with Crippen molar-refractivity contribution in [3.63, 3.8) is 0 Å². The minimum absolute atomic E-state index is 0.0272. The molecule has 0 spiro atoms. The highest BCUT2D eigenvalue weighted by atomic mass is 32.2. The van der Waals surface area contributed by atoms with Gasteiger partial charge in [0.15, 0.2) is 5.13 Å². The van der Waals surface area contributed by atoms with E-state index in [0.29, 0.717) is 16.8 Å². The molecule has 2 aromatic carbocycles. The standard InChI is InChI=1S/C24H26N2OS2/c1-16(2)29-21-11-7-17(8-12-21)13-23(27)26-24-25-22(15-28-24)20-10-9-18-5-3-4-6-19(18)14-20/h7-12,14-16H,3-6,13H2,1-2H3,(H,25,26,27). The van der Waals surface area contributed by atoms with Gasteiger partial charge in [-0.3, -0.25) is 4.79 Å². The van der Waals surface area contributed by atoms with E-state index in [2.05, 4.69) is 54.5 Å². The molecule has 1 aliphatic rings. The maximum absolute atomic E-state index is 12.4. The molecular weight excluding hydrogens is 396 g/mol. The van der Waals surface area contributed by atoms with E-state index in [1.54, 1.807) is 0 Å². The minimum Gasteiger partial charge on any atom is -0.302 e. The number of nitrogens with zero attached hydrogens (tertiary/aromatic N) is 1. The number of hydrogen-bond acceptors (Lipinski definition) is 4. The normalized spacial score (nSPS) is 13.3. The van der Waals surface area contributed by atoms with Gasteiger partial charge in [-0.1, -0.05) is 38.1 Å². The molecule has 0 fully saturated rings. The highest BCUT2D eigenvalue weighted by Gasteiger charge is 2.13. The molecule has 0 saturated heterocycles. The Bertz CT molecular complexity index is 992. The van der Waals surface area contributed by atoms with E-state index in [-0.39, 0.29) is 5.91 Å². The van der Waals surface area contributed by atoms with Crippen molar-refractivity contribution in [3.05, 3.63) is 64.5 Å². The van der Waals surface area contributed by atoms with Crippen LogP contribution in [0.25, 0.3) is 11.3 Å². The van der Waals surface area contributed by atoms with Crippen LogP contribution in [0.2, 0.25) is 0 Å². The van der Waals surface area contributed by atoms with Gasteiger partial charge in [0.1, 0.15) is 0 Å². The number of carbonyl (C=O) groups is 1. The predicted molar refractivity (Wildman–Crippen MR) is 124 cm³/mol. The number of aryl methyl sites for hydroxylation is 2. The van der Waals surface area contributed by atoms with Crippen LogP contribution in [0.5, 0.6) is 0 Å². The summed E-state index contributed by atoms with van der Waals surface area (Å²) < 4.78 is 0. The summed E-state index contributed by atoms with van der Waals surface area (Å²) in [5.74, 6) is -0.0272. The van der Waals surface area contributed by atoms with Crippen LogP contribution in [0.1, 0.15) is 43.4 Å². The lowest BCUT2D eigenvalue weighted by Gasteiger charge is -2.16. The number of benzene rings is 2. The van der Waals surface area contributed by atoms with Crippen molar-refractivity contribution in [1.82, 2.24) is 4.98 Å². The lowest BCUT2D eigenvalue weighted by molar-refractivity contribution is -0.115. The first-order chi connectivity index (χ1) is 14.1. The van der Waals surface area contributed by atoms with Gasteiger partial charge in [0.25, 0.3) is 0 Å². The van der Waals surface area contributed by atoms with Crippen molar-refractivity contribution >= 4 is 34.1 Å². The lowest BCUT2D eigenvalue weighted by atomic mass is 9.90. The highest BCUT2D eigenvalue weighted by molar-refractivity contribution is 7.99. The molecule has 3 aromatic rings. The van der Waals surface area contributed by atoms with Gasteiger partial charge in [-0.15, -0.1) is 23.1 Å². The fourth-order valence-electron chi connectivity index (χ4n) is 3.66. The minimum atomic E-state index is -0.0272. The Morgan fingerprint density at radius 2 is 1.86 bits per heavy atom. The summed E-state index contributed by atoms with van der Waals surface area (Å²) in [7, 11) is 0. The van der Waals surface area contributed by atoms with Crippen LogP contribution < -0.4 is 5.32 Å².